The van der Waals surface area contributed by atoms with Crippen molar-refractivity contribution in [3.05, 3.63) is 48.6 Å². The zero-order valence-electron chi connectivity index (χ0n) is 6.86. The van der Waals surface area contributed by atoms with Crippen LogP contribution in [0, 0.1) is 6.92 Å². The second kappa shape index (κ2) is 3.02. The summed E-state index contributed by atoms with van der Waals surface area (Å²) in [5.74, 6) is 0. The SMILES string of the molecule is [CH2]CC1OC=Cc2ccccc21. The maximum absolute atomic E-state index is 5.41. The fourth-order valence-electron chi connectivity index (χ4n) is 1.46. The lowest BCUT2D eigenvalue weighted by molar-refractivity contribution is 0.146. The number of ether oxygens (including phenoxy) is 1. The van der Waals surface area contributed by atoms with Gasteiger partial charge in [0.15, 0.2) is 0 Å². The molecule has 0 saturated heterocycles. The van der Waals surface area contributed by atoms with Crippen LogP contribution < -0.4 is 0 Å². The first-order valence-electron chi connectivity index (χ1n) is 4.12. The summed E-state index contributed by atoms with van der Waals surface area (Å²) >= 11 is 0. The minimum absolute atomic E-state index is 0.145. The lowest BCUT2D eigenvalue weighted by atomic mass is 9.99. The Morgan fingerprint density at radius 3 is 3.00 bits per heavy atom. The van der Waals surface area contributed by atoms with E-state index >= 15 is 0 Å². The molecular formula is C11H11O. The Morgan fingerprint density at radius 1 is 1.33 bits per heavy atom. The maximum Gasteiger partial charge on any atom is 0.123 e. The van der Waals surface area contributed by atoms with Gasteiger partial charge in [0, 0.05) is 0 Å². The Hall–Kier alpha value is -1.24. The molecule has 1 heterocycles. The van der Waals surface area contributed by atoms with E-state index in [1.165, 1.54) is 11.1 Å². The van der Waals surface area contributed by atoms with Gasteiger partial charge in [0.05, 0.1) is 6.26 Å². The first-order chi connectivity index (χ1) is 5.92. The third kappa shape index (κ3) is 1.11. The zero-order chi connectivity index (χ0) is 8.39. The van der Waals surface area contributed by atoms with E-state index in [1.807, 2.05) is 18.2 Å². The van der Waals surface area contributed by atoms with Crippen molar-refractivity contribution in [1.82, 2.24) is 0 Å². The Kier molecular flexibility index (Phi) is 1.86. The van der Waals surface area contributed by atoms with Gasteiger partial charge in [-0.2, -0.15) is 0 Å². The molecule has 1 aliphatic heterocycles. The monoisotopic (exact) mass is 159 g/mol. The van der Waals surface area contributed by atoms with E-state index in [9.17, 15) is 0 Å². The molecule has 0 N–H and O–H groups in total. The van der Waals surface area contributed by atoms with Gasteiger partial charge in [0.2, 0.25) is 0 Å². The minimum Gasteiger partial charge on any atom is -0.493 e. The molecule has 12 heavy (non-hydrogen) atoms. The highest BCUT2D eigenvalue weighted by atomic mass is 16.5. The van der Waals surface area contributed by atoms with Gasteiger partial charge < -0.3 is 4.74 Å². The highest BCUT2D eigenvalue weighted by molar-refractivity contribution is 5.55. The van der Waals surface area contributed by atoms with Gasteiger partial charge in [0.25, 0.3) is 0 Å². The van der Waals surface area contributed by atoms with Gasteiger partial charge in [-0.3, -0.25) is 0 Å². The molecule has 1 atom stereocenters. The van der Waals surface area contributed by atoms with Crippen molar-refractivity contribution in [2.75, 3.05) is 0 Å². The van der Waals surface area contributed by atoms with E-state index in [0.29, 0.717) is 0 Å². The van der Waals surface area contributed by atoms with Crippen molar-refractivity contribution in [2.24, 2.45) is 0 Å². The summed E-state index contributed by atoms with van der Waals surface area (Å²) in [6, 6.07) is 8.25. The van der Waals surface area contributed by atoms with E-state index in [2.05, 4.69) is 19.1 Å². The van der Waals surface area contributed by atoms with Crippen molar-refractivity contribution in [3.8, 4) is 0 Å². The van der Waals surface area contributed by atoms with Crippen molar-refractivity contribution < 1.29 is 4.74 Å². The molecule has 0 saturated carbocycles. The molecular weight excluding hydrogens is 148 g/mol. The van der Waals surface area contributed by atoms with Gasteiger partial charge in [-0.05, 0) is 30.5 Å². The molecule has 0 bridgehead atoms. The molecule has 1 heteroatoms. The third-order valence-corrected chi connectivity index (χ3v) is 2.10. The van der Waals surface area contributed by atoms with Crippen LogP contribution in [0.2, 0.25) is 0 Å². The number of hydrogen-bond donors (Lipinski definition) is 0. The number of rotatable bonds is 1. The Labute approximate surface area is 72.7 Å². The topological polar surface area (TPSA) is 9.23 Å². The van der Waals surface area contributed by atoms with Crippen LogP contribution >= 0.6 is 0 Å². The molecule has 0 aliphatic carbocycles. The molecule has 0 aromatic heterocycles. The maximum atomic E-state index is 5.41. The number of benzene rings is 1. The van der Waals surface area contributed by atoms with Gasteiger partial charge in [-0.25, -0.2) is 0 Å². The summed E-state index contributed by atoms with van der Waals surface area (Å²) in [7, 11) is 0. The van der Waals surface area contributed by atoms with Crippen LogP contribution in [0.25, 0.3) is 6.08 Å². The number of hydrogen-bond acceptors (Lipinski definition) is 1. The average Bonchev–Trinajstić information content (AvgIpc) is 2.17. The van der Waals surface area contributed by atoms with Gasteiger partial charge in [-0.15, -0.1) is 0 Å². The molecule has 1 aromatic carbocycles. The third-order valence-electron chi connectivity index (χ3n) is 2.10. The summed E-state index contributed by atoms with van der Waals surface area (Å²) in [6.07, 6.45) is 4.66. The molecule has 1 unspecified atom stereocenters. The number of fused-ring (bicyclic) bond motifs is 1. The highest BCUT2D eigenvalue weighted by Gasteiger charge is 2.14. The minimum atomic E-state index is 0.145. The van der Waals surface area contributed by atoms with E-state index in [-0.39, 0.29) is 6.10 Å². The van der Waals surface area contributed by atoms with Crippen LogP contribution in [-0.2, 0) is 4.74 Å². The van der Waals surface area contributed by atoms with E-state index in [0.717, 1.165) is 6.42 Å². The van der Waals surface area contributed by atoms with Gasteiger partial charge in [0.1, 0.15) is 6.10 Å². The van der Waals surface area contributed by atoms with Crippen molar-refractivity contribution >= 4 is 6.08 Å². The smallest absolute Gasteiger partial charge is 0.123 e. The van der Waals surface area contributed by atoms with Crippen LogP contribution in [-0.4, -0.2) is 0 Å². The lowest BCUT2D eigenvalue weighted by Gasteiger charge is -2.20. The normalized spacial score (nSPS) is 19.9. The first kappa shape index (κ1) is 7.41. The quantitative estimate of drug-likeness (QED) is 0.612. The fourth-order valence-corrected chi connectivity index (χ4v) is 1.46. The Bertz CT molecular complexity index is 302. The van der Waals surface area contributed by atoms with Crippen molar-refractivity contribution in [3.63, 3.8) is 0 Å². The van der Waals surface area contributed by atoms with Crippen LogP contribution in [0.5, 0.6) is 0 Å². The zero-order valence-corrected chi connectivity index (χ0v) is 6.86. The van der Waals surface area contributed by atoms with Crippen LogP contribution in [0.4, 0.5) is 0 Å². The van der Waals surface area contributed by atoms with Gasteiger partial charge in [-0.1, -0.05) is 24.3 Å². The first-order valence-corrected chi connectivity index (χ1v) is 4.12. The largest absolute Gasteiger partial charge is 0.493 e. The van der Waals surface area contributed by atoms with Crippen LogP contribution in [0.1, 0.15) is 23.7 Å². The van der Waals surface area contributed by atoms with E-state index in [1.54, 1.807) is 6.26 Å². The van der Waals surface area contributed by atoms with Gasteiger partial charge >= 0.3 is 0 Å². The Morgan fingerprint density at radius 2 is 2.17 bits per heavy atom. The summed E-state index contributed by atoms with van der Waals surface area (Å²) in [5, 5.41) is 0. The second-order valence-electron chi connectivity index (χ2n) is 2.85. The molecule has 2 rings (SSSR count). The summed E-state index contributed by atoms with van der Waals surface area (Å²) in [5.41, 5.74) is 2.49. The van der Waals surface area contributed by atoms with E-state index in [4.69, 9.17) is 4.74 Å². The molecule has 1 radical (unpaired) electrons. The van der Waals surface area contributed by atoms with Crippen molar-refractivity contribution in [1.29, 1.82) is 0 Å². The summed E-state index contributed by atoms with van der Waals surface area (Å²) < 4.78 is 5.41. The van der Waals surface area contributed by atoms with Crippen LogP contribution in [0.15, 0.2) is 30.5 Å². The molecule has 0 amide bonds. The molecule has 61 valence electrons. The predicted octanol–water partition coefficient (Wildman–Crippen LogP) is 2.95. The standard InChI is InChI=1S/C11H11O/c1-2-11-10-6-4-3-5-9(10)7-8-12-11/h3-8,11H,1-2H2. The highest BCUT2D eigenvalue weighted by Crippen LogP contribution is 2.29. The molecule has 1 aliphatic rings. The van der Waals surface area contributed by atoms with E-state index < -0.39 is 0 Å². The summed E-state index contributed by atoms with van der Waals surface area (Å²) in [4.78, 5) is 0. The van der Waals surface area contributed by atoms with Crippen molar-refractivity contribution in [2.45, 2.75) is 12.5 Å². The second-order valence-corrected chi connectivity index (χ2v) is 2.85. The lowest BCUT2D eigenvalue weighted by Crippen LogP contribution is -2.04. The molecule has 1 aromatic rings. The van der Waals surface area contributed by atoms with Crippen LogP contribution in [0.3, 0.4) is 0 Å². The summed E-state index contributed by atoms with van der Waals surface area (Å²) in [6.45, 7) is 3.85. The Balaban J connectivity index is 2.45. The molecule has 1 nitrogen and oxygen atoms in total. The predicted molar refractivity (Wildman–Crippen MR) is 49.3 cm³/mol. The molecule has 0 fully saturated rings. The fraction of sp³-hybridized carbons (Fsp3) is 0.182. The molecule has 0 spiro atoms. The average molecular weight is 159 g/mol.